The summed E-state index contributed by atoms with van der Waals surface area (Å²) >= 11 is 0. The largest absolute Gasteiger partial charge is 0.312 e. The van der Waals surface area contributed by atoms with Crippen molar-refractivity contribution in [2.24, 2.45) is 11.8 Å². The first-order valence-corrected chi connectivity index (χ1v) is 8.04. The molecule has 0 saturated heterocycles. The second-order valence-corrected chi connectivity index (χ2v) is 6.42. The van der Waals surface area contributed by atoms with Gasteiger partial charge in [0.15, 0.2) is 0 Å². The number of hydrogen-bond acceptors (Lipinski definition) is 3. The molecular weight excluding hydrogens is 260 g/mol. The SMILES string of the molecule is c1ccc2c(c1)CC1CCC(C2)C1NCCn1ccnn1. The molecule has 1 fully saturated rings. The molecule has 0 aliphatic heterocycles. The van der Waals surface area contributed by atoms with Crippen molar-refractivity contribution in [1.82, 2.24) is 20.3 Å². The molecule has 1 heterocycles. The molecule has 21 heavy (non-hydrogen) atoms. The summed E-state index contributed by atoms with van der Waals surface area (Å²) in [5, 5.41) is 11.7. The highest BCUT2D eigenvalue weighted by Crippen LogP contribution is 2.39. The zero-order valence-electron chi connectivity index (χ0n) is 12.3. The van der Waals surface area contributed by atoms with Gasteiger partial charge in [-0.25, -0.2) is 0 Å². The van der Waals surface area contributed by atoms with Gasteiger partial charge >= 0.3 is 0 Å². The lowest BCUT2D eigenvalue weighted by Crippen LogP contribution is -2.39. The van der Waals surface area contributed by atoms with E-state index in [1.807, 2.05) is 10.9 Å². The van der Waals surface area contributed by atoms with Gasteiger partial charge in [0, 0.05) is 18.8 Å². The van der Waals surface area contributed by atoms with E-state index in [0.29, 0.717) is 6.04 Å². The van der Waals surface area contributed by atoms with Crippen LogP contribution in [0.15, 0.2) is 36.7 Å². The van der Waals surface area contributed by atoms with Crippen LogP contribution in [0.4, 0.5) is 0 Å². The van der Waals surface area contributed by atoms with Gasteiger partial charge in [-0.1, -0.05) is 29.5 Å². The van der Waals surface area contributed by atoms with Crippen LogP contribution in [0.2, 0.25) is 0 Å². The molecule has 110 valence electrons. The van der Waals surface area contributed by atoms with Gasteiger partial charge in [0.1, 0.15) is 0 Å². The lowest BCUT2D eigenvalue weighted by Gasteiger charge is -2.23. The van der Waals surface area contributed by atoms with Crippen LogP contribution in [0.1, 0.15) is 24.0 Å². The summed E-state index contributed by atoms with van der Waals surface area (Å²) in [6, 6.07) is 9.68. The van der Waals surface area contributed by atoms with E-state index in [2.05, 4.69) is 39.9 Å². The van der Waals surface area contributed by atoms with Crippen molar-refractivity contribution >= 4 is 0 Å². The van der Waals surface area contributed by atoms with Crippen LogP contribution < -0.4 is 5.32 Å². The van der Waals surface area contributed by atoms with Gasteiger partial charge in [-0.15, -0.1) is 5.10 Å². The number of rotatable bonds is 4. The van der Waals surface area contributed by atoms with Crippen LogP contribution in [-0.4, -0.2) is 27.6 Å². The highest BCUT2D eigenvalue weighted by atomic mass is 15.4. The predicted octanol–water partition coefficient (Wildman–Crippen LogP) is 2.06. The van der Waals surface area contributed by atoms with E-state index < -0.39 is 0 Å². The molecule has 2 atom stereocenters. The Morgan fingerprint density at radius 1 is 1.10 bits per heavy atom. The quantitative estimate of drug-likeness (QED) is 0.933. The van der Waals surface area contributed by atoms with Gasteiger partial charge in [-0.05, 0) is 48.6 Å². The first kappa shape index (κ1) is 13.0. The maximum Gasteiger partial charge on any atom is 0.0692 e. The molecule has 1 aromatic heterocycles. The minimum absolute atomic E-state index is 0.668. The fourth-order valence-corrected chi connectivity index (χ4v) is 4.18. The third kappa shape index (κ3) is 2.60. The van der Waals surface area contributed by atoms with E-state index in [-0.39, 0.29) is 0 Å². The van der Waals surface area contributed by atoms with E-state index in [1.165, 1.54) is 25.7 Å². The number of fused-ring (bicyclic) bond motifs is 3. The van der Waals surface area contributed by atoms with Crippen molar-refractivity contribution in [1.29, 1.82) is 0 Å². The smallest absolute Gasteiger partial charge is 0.0692 e. The summed E-state index contributed by atoms with van der Waals surface area (Å²) in [5.74, 6) is 1.60. The van der Waals surface area contributed by atoms with Gasteiger partial charge < -0.3 is 5.32 Å². The summed E-state index contributed by atoms with van der Waals surface area (Å²) in [7, 11) is 0. The Morgan fingerprint density at radius 2 is 1.81 bits per heavy atom. The van der Waals surface area contributed by atoms with E-state index in [9.17, 15) is 0 Å². The van der Waals surface area contributed by atoms with Crippen LogP contribution in [0.25, 0.3) is 0 Å². The second-order valence-electron chi connectivity index (χ2n) is 6.42. The maximum absolute atomic E-state index is 4.03. The zero-order chi connectivity index (χ0) is 14.1. The summed E-state index contributed by atoms with van der Waals surface area (Å²) in [6.07, 6.45) is 8.91. The van der Waals surface area contributed by atoms with E-state index in [1.54, 1.807) is 17.3 Å². The molecule has 1 N–H and O–H groups in total. The van der Waals surface area contributed by atoms with Crippen LogP contribution in [0.5, 0.6) is 0 Å². The van der Waals surface area contributed by atoms with Crippen molar-refractivity contribution in [3.63, 3.8) is 0 Å². The first-order chi connectivity index (χ1) is 10.4. The summed E-state index contributed by atoms with van der Waals surface area (Å²) < 4.78 is 1.90. The Bertz CT molecular complexity index is 560. The van der Waals surface area contributed by atoms with Crippen molar-refractivity contribution in [2.75, 3.05) is 6.54 Å². The summed E-state index contributed by atoms with van der Waals surface area (Å²) in [4.78, 5) is 0. The molecule has 2 aromatic rings. The highest BCUT2D eigenvalue weighted by molar-refractivity contribution is 5.30. The third-order valence-electron chi connectivity index (χ3n) is 5.20. The van der Waals surface area contributed by atoms with Gasteiger partial charge in [0.05, 0.1) is 12.7 Å². The van der Waals surface area contributed by atoms with E-state index in [4.69, 9.17) is 0 Å². The van der Waals surface area contributed by atoms with Gasteiger partial charge in [0.25, 0.3) is 0 Å². The Kier molecular flexibility index (Phi) is 3.47. The zero-order valence-corrected chi connectivity index (χ0v) is 12.3. The first-order valence-electron chi connectivity index (χ1n) is 8.04. The lowest BCUT2D eigenvalue weighted by atomic mass is 9.94. The molecule has 1 aromatic carbocycles. The van der Waals surface area contributed by atoms with Gasteiger partial charge in [-0.2, -0.15) is 0 Å². The molecule has 4 heteroatoms. The summed E-state index contributed by atoms with van der Waals surface area (Å²) in [5.41, 5.74) is 3.15. The van der Waals surface area contributed by atoms with Crippen molar-refractivity contribution in [3.05, 3.63) is 47.8 Å². The van der Waals surface area contributed by atoms with E-state index in [0.717, 1.165) is 24.9 Å². The molecule has 2 bridgehead atoms. The number of nitrogens with one attached hydrogen (secondary N) is 1. The second kappa shape index (κ2) is 5.60. The molecule has 1 saturated carbocycles. The van der Waals surface area contributed by atoms with Crippen LogP contribution >= 0.6 is 0 Å². The van der Waals surface area contributed by atoms with Crippen molar-refractivity contribution in [3.8, 4) is 0 Å². The molecule has 4 nitrogen and oxygen atoms in total. The molecule has 2 aliphatic rings. The Hall–Kier alpha value is -1.68. The fraction of sp³-hybridized carbons (Fsp3) is 0.529. The summed E-state index contributed by atoms with van der Waals surface area (Å²) in [6.45, 7) is 1.89. The number of hydrogen-bond donors (Lipinski definition) is 1. The molecule has 2 aliphatic carbocycles. The average Bonchev–Trinajstić information content (AvgIpc) is 3.08. The standard InChI is InChI=1S/C17H22N4/c1-2-4-14-12-16-6-5-15(11-13(14)3-1)17(16)18-7-9-21-10-8-19-20-21/h1-4,8,10,15-18H,5-7,9,11-12H2. The number of benzene rings is 1. The van der Waals surface area contributed by atoms with Crippen LogP contribution in [-0.2, 0) is 19.4 Å². The van der Waals surface area contributed by atoms with E-state index >= 15 is 0 Å². The van der Waals surface area contributed by atoms with Gasteiger partial charge in [0.2, 0.25) is 0 Å². The monoisotopic (exact) mass is 282 g/mol. The molecular formula is C17H22N4. The Balaban J connectivity index is 1.43. The highest BCUT2D eigenvalue weighted by Gasteiger charge is 2.38. The molecule has 2 unspecified atom stereocenters. The van der Waals surface area contributed by atoms with Crippen molar-refractivity contribution < 1.29 is 0 Å². The maximum atomic E-state index is 4.03. The van der Waals surface area contributed by atoms with Crippen LogP contribution in [0, 0.1) is 11.8 Å². The predicted molar refractivity (Wildman–Crippen MR) is 81.9 cm³/mol. The van der Waals surface area contributed by atoms with Crippen molar-refractivity contribution in [2.45, 2.75) is 38.3 Å². The normalized spacial score (nSPS) is 27.3. The molecule has 0 radical (unpaired) electrons. The minimum Gasteiger partial charge on any atom is -0.312 e. The molecule has 0 spiro atoms. The minimum atomic E-state index is 0.668. The number of nitrogens with zero attached hydrogens (tertiary/aromatic N) is 3. The Labute approximate surface area is 125 Å². The topological polar surface area (TPSA) is 42.7 Å². The number of aromatic nitrogens is 3. The average molecular weight is 282 g/mol. The van der Waals surface area contributed by atoms with Gasteiger partial charge in [-0.3, -0.25) is 4.68 Å². The molecule has 4 rings (SSSR count). The Morgan fingerprint density at radius 3 is 2.43 bits per heavy atom. The molecule has 0 amide bonds. The third-order valence-corrected chi connectivity index (χ3v) is 5.20. The van der Waals surface area contributed by atoms with Crippen LogP contribution in [0.3, 0.4) is 0 Å². The fourth-order valence-electron chi connectivity index (χ4n) is 4.18. The lowest BCUT2D eigenvalue weighted by molar-refractivity contribution is 0.334.